The minimum absolute atomic E-state index is 0.00782. The van der Waals surface area contributed by atoms with Crippen molar-refractivity contribution >= 4 is 22.9 Å². The lowest BCUT2D eigenvalue weighted by Gasteiger charge is -2.14. The van der Waals surface area contributed by atoms with Crippen molar-refractivity contribution in [2.45, 2.75) is 39.5 Å². The van der Waals surface area contributed by atoms with E-state index in [1.807, 2.05) is 13.0 Å². The molecule has 0 saturated heterocycles. The molecule has 2 aromatic carbocycles. The second-order valence-corrected chi connectivity index (χ2v) is 6.71. The van der Waals surface area contributed by atoms with E-state index >= 15 is 0 Å². The van der Waals surface area contributed by atoms with Crippen LogP contribution in [0.2, 0.25) is 0 Å². The molecule has 1 aromatic heterocycles. The molecule has 0 aliphatic rings. The van der Waals surface area contributed by atoms with E-state index in [9.17, 15) is 19.5 Å². The Morgan fingerprint density at radius 1 is 0.967 bits per heavy atom. The Morgan fingerprint density at radius 2 is 1.60 bits per heavy atom. The van der Waals surface area contributed by atoms with Crippen molar-refractivity contribution in [3.63, 3.8) is 0 Å². The largest absolute Gasteiger partial charge is 0.504 e. The van der Waals surface area contributed by atoms with Gasteiger partial charge in [0.05, 0.1) is 0 Å². The van der Waals surface area contributed by atoms with Crippen LogP contribution in [0.3, 0.4) is 0 Å². The molecule has 0 radical (unpaired) electrons. The number of phenolic OH excluding ortho intramolecular Hbond substituents is 1. The smallest absolute Gasteiger partial charge is 0.311 e. The molecule has 0 unspecified atom stereocenters. The Hall–Kier alpha value is -3.61. The average Bonchev–Trinajstić information content (AvgIpc) is 2.71. The molecule has 0 bridgehead atoms. The lowest BCUT2D eigenvalue weighted by Crippen LogP contribution is -2.13. The molecule has 3 aromatic rings. The Kier molecular flexibility index (Phi) is 6.51. The molecule has 7 heteroatoms. The standard InChI is InChI=1S/C23H22O7/c1-3-8-19(25)29-18-13-17-21(22(27)23(18)30-20(26)9-4-2)15(24)12-16(28-17)14-10-6-5-7-11-14/h5-7,10-13,27H,3-4,8-9H2,1-2H3. The van der Waals surface area contributed by atoms with E-state index in [4.69, 9.17) is 13.9 Å². The third-order valence-corrected chi connectivity index (χ3v) is 4.32. The predicted molar refractivity (Wildman–Crippen MR) is 111 cm³/mol. The van der Waals surface area contributed by atoms with Crippen LogP contribution < -0.4 is 14.9 Å². The molecule has 1 N–H and O–H groups in total. The zero-order chi connectivity index (χ0) is 21.7. The first-order valence-corrected chi connectivity index (χ1v) is 9.75. The number of carbonyl (C=O) groups excluding carboxylic acids is 2. The number of benzene rings is 2. The fraction of sp³-hybridized carbons (Fsp3) is 0.261. The normalized spacial score (nSPS) is 10.7. The van der Waals surface area contributed by atoms with Crippen LogP contribution in [0, 0.1) is 0 Å². The minimum Gasteiger partial charge on any atom is -0.504 e. The van der Waals surface area contributed by atoms with Gasteiger partial charge in [-0.05, 0) is 12.8 Å². The van der Waals surface area contributed by atoms with E-state index < -0.39 is 23.1 Å². The quantitative estimate of drug-likeness (QED) is 0.449. The summed E-state index contributed by atoms with van der Waals surface area (Å²) in [6, 6.07) is 11.5. The number of hydrogen-bond donors (Lipinski definition) is 1. The maximum atomic E-state index is 12.7. The molecule has 0 aliphatic heterocycles. The summed E-state index contributed by atoms with van der Waals surface area (Å²) in [5.74, 6) is -2.06. The highest BCUT2D eigenvalue weighted by Gasteiger charge is 2.24. The fourth-order valence-corrected chi connectivity index (χ4v) is 2.93. The zero-order valence-electron chi connectivity index (χ0n) is 16.8. The fourth-order valence-electron chi connectivity index (χ4n) is 2.93. The summed E-state index contributed by atoms with van der Waals surface area (Å²) >= 11 is 0. The first-order chi connectivity index (χ1) is 14.4. The molecule has 0 atom stereocenters. The molecular weight excluding hydrogens is 388 g/mol. The van der Waals surface area contributed by atoms with Gasteiger partial charge in [-0.2, -0.15) is 0 Å². The van der Waals surface area contributed by atoms with Gasteiger partial charge in [0.1, 0.15) is 16.7 Å². The lowest BCUT2D eigenvalue weighted by molar-refractivity contribution is -0.137. The van der Waals surface area contributed by atoms with Gasteiger partial charge in [0.15, 0.2) is 16.9 Å². The molecular formula is C23H22O7. The van der Waals surface area contributed by atoms with Crippen molar-refractivity contribution in [2.24, 2.45) is 0 Å². The Balaban J connectivity index is 2.19. The van der Waals surface area contributed by atoms with Gasteiger partial charge in [-0.25, -0.2) is 0 Å². The van der Waals surface area contributed by atoms with Crippen LogP contribution in [0.15, 0.2) is 51.7 Å². The van der Waals surface area contributed by atoms with Crippen molar-refractivity contribution in [2.75, 3.05) is 0 Å². The molecule has 0 aliphatic carbocycles. The van der Waals surface area contributed by atoms with Gasteiger partial charge in [0, 0.05) is 30.5 Å². The lowest BCUT2D eigenvalue weighted by atomic mass is 10.1. The van der Waals surface area contributed by atoms with Crippen LogP contribution in [-0.2, 0) is 9.59 Å². The molecule has 0 fully saturated rings. The van der Waals surface area contributed by atoms with Crippen molar-refractivity contribution in [1.82, 2.24) is 0 Å². The first-order valence-electron chi connectivity index (χ1n) is 9.75. The van der Waals surface area contributed by atoms with Crippen LogP contribution >= 0.6 is 0 Å². The van der Waals surface area contributed by atoms with Gasteiger partial charge in [0.25, 0.3) is 0 Å². The van der Waals surface area contributed by atoms with Crippen molar-refractivity contribution < 1.29 is 28.6 Å². The summed E-state index contributed by atoms with van der Waals surface area (Å²) in [6.45, 7) is 3.61. The highest BCUT2D eigenvalue weighted by Crippen LogP contribution is 2.43. The Morgan fingerprint density at radius 3 is 2.23 bits per heavy atom. The van der Waals surface area contributed by atoms with Crippen LogP contribution in [0.25, 0.3) is 22.3 Å². The Labute approximate surface area is 172 Å². The minimum atomic E-state index is -0.620. The average molecular weight is 410 g/mol. The topological polar surface area (TPSA) is 103 Å². The predicted octanol–water partition coefficient (Wildman–Crippen LogP) is 4.58. The molecule has 156 valence electrons. The number of hydrogen-bond acceptors (Lipinski definition) is 7. The number of esters is 2. The summed E-state index contributed by atoms with van der Waals surface area (Å²) in [6.07, 6.45) is 1.31. The van der Waals surface area contributed by atoms with E-state index in [-0.39, 0.29) is 41.1 Å². The van der Waals surface area contributed by atoms with Crippen LogP contribution in [0.4, 0.5) is 0 Å². The van der Waals surface area contributed by atoms with Gasteiger partial charge >= 0.3 is 11.9 Å². The second-order valence-electron chi connectivity index (χ2n) is 6.71. The van der Waals surface area contributed by atoms with E-state index in [0.717, 1.165) is 0 Å². The number of fused-ring (bicyclic) bond motifs is 1. The molecule has 1 heterocycles. The summed E-state index contributed by atoms with van der Waals surface area (Å²) in [7, 11) is 0. The van der Waals surface area contributed by atoms with Crippen molar-refractivity contribution in [3.05, 3.63) is 52.7 Å². The second kappa shape index (κ2) is 9.26. The maximum absolute atomic E-state index is 12.7. The van der Waals surface area contributed by atoms with Crippen LogP contribution in [0.5, 0.6) is 17.2 Å². The number of ether oxygens (including phenoxy) is 2. The highest BCUT2D eigenvalue weighted by molar-refractivity contribution is 5.92. The summed E-state index contributed by atoms with van der Waals surface area (Å²) in [5, 5.41) is 10.5. The monoisotopic (exact) mass is 410 g/mol. The SMILES string of the molecule is CCCC(=O)Oc1cc2oc(-c3ccccc3)cc(=O)c2c(O)c1OC(=O)CCC. The van der Waals surface area contributed by atoms with E-state index in [1.165, 1.54) is 12.1 Å². The zero-order valence-corrected chi connectivity index (χ0v) is 16.8. The van der Waals surface area contributed by atoms with E-state index in [2.05, 4.69) is 0 Å². The van der Waals surface area contributed by atoms with Crippen LogP contribution in [0.1, 0.15) is 39.5 Å². The molecule has 3 rings (SSSR count). The number of phenols is 1. The van der Waals surface area contributed by atoms with E-state index in [0.29, 0.717) is 18.4 Å². The van der Waals surface area contributed by atoms with Gasteiger partial charge in [0.2, 0.25) is 5.75 Å². The number of carbonyl (C=O) groups is 2. The molecule has 0 saturated carbocycles. The first kappa shape index (κ1) is 21.1. The van der Waals surface area contributed by atoms with Gasteiger partial charge in [-0.15, -0.1) is 0 Å². The summed E-state index contributed by atoms with van der Waals surface area (Å²) in [4.78, 5) is 36.8. The van der Waals surface area contributed by atoms with E-state index in [1.54, 1.807) is 31.2 Å². The number of aromatic hydroxyl groups is 1. The summed E-state index contributed by atoms with van der Waals surface area (Å²) in [5.41, 5.74) is 0.152. The van der Waals surface area contributed by atoms with Crippen molar-refractivity contribution in [1.29, 1.82) is 0 Å². The van der Waals surface area contributed by atoms with Gasteiger partial charge in [-0.1, -0.05) is 44.2 Å². The molecule has 30 heavy (non-hydrogen) atoms. The third-order valence-electron chi connectivity index (χ3n) is 4.32. The van der Waals surface area contributed by atoms with Gasteiger partial charge in [-0.3, -0.25) is 14.4 Å². The summed E-state index contributed by atoms with van der Waals surface area (Å²) < 4.78 is 16.3. The van der Waals surface area contributed by atoms with Crippen molar-refractivity contribution in [3.8, 4) is 28.6 Å². The third kappa shape index (κ3) is 4.51. The molecule has 7 nitrogen and oxygen atoms in total. The molecule has 0 spiro atoms. The Bertz CT molecular complexity index is 1130. The number of rotatable bonds is 7. The van der Waals surface area contributed by atoms with Gasteiger partial charge < -0.3 is 19.0 Å². The molecule has 0 amide bonds. The highest BCUT2D eigenvalue weighted by atomic mass is 16.6. The van der Waals surface area contributed by atoms with Crippen LogP contribution in [-0.4, -0.2) is 17.0 Å². The maximum Gasteiger partial charge on any atom is 0.311 e.